The van der Waals surface area contributed by atoms with Gasteiger partial charge in [-0.15, -0.1) is 0 Å². The number of hydrogen-bond acceptors (Lipinski definition) is 1. The summed E-state index contributed by atoms with van der Waals surface area (Å²) in [5.41, 5.74) is 0. The van der Waals surface area contributed by atoms with E-state index < -0.39 is 0 Å². The molecular weight excluding hydrogens is 268 g/mol. The highest BCUT2D eigenvalue weighted by atomic mass is 16.1. The van der Waals surface area contributed by atoms with Crippen molar-refractivity contribution >= 4 is 5.78 Å². The standard InChI is InChI=1S/C21H34O/c22-21(19-11-9-15-5-1-3-7-17(15)13-19)20-12-10-16-6-2-4-8-18(16)14-20/h15-20H,1-14H2. The molecule has 4 saturated carbocycles. The van der Waals surface area contributed by atoms with Gasteiger partial charge >= 0.3 is 0 Å². The van der Waals surface area contributed by atoms with Gasteiger partial charge in [-0.2, -0.15) is 0 Å². The third-order valence-corrected chi connectivity index (χ3v) is 7.88. The maximum absolute atomic E-state index is 13.1. The number of rotatable bonds is 2. The molecule has 0 amide bonds. The lowest BCUT2D eigenvalue weighted by Gasteiger charge is -2.42. The van der Waals surface area contributed by atoms with E-state index in [9.17, 15) is 4.79 Å². The van der Waals surface area contributed by atoms with Gasteiger partial charge in [0.25, 0.3) is 0 Å². The van der Waals surface area contributed by atoms with Gasteiger partial charge < -0.3 is 0 Å². The van der Waals surface area contributed by atoms with E-state index >= 15 is 0 Å². The second kappa shape index (κ2) is 6.65. The van der Waals surface area contributed by atoms with Crippen LogP contribution in [0.1, 0.15) is 89.9 Å². The monoisotopic (exact) mass is 302 g/mol. The molecule has 124 valence electrons. The van der Waals surface area contributed by atoms with Crippen LogP contribution in [0.4, 0.5) is 0 Å². The average Bonchev–Trinajstić information content (AvgIpc) is 2.60. The second-order valence-electron chi connectivity index (χ2n) is 9.03. The molecule has 4 aliphatic rings. The molecule has 0 heterocycles. The second-order valence-corrected chi connectivity index (χ2v) is 9.03. The molecule has 1 nitrogen and oxygen atoms in total. The summed E-state index contributed by atoms with van der Waals surface area (Å²) in [5, 5.41) is 0. The highest BCUT2D eigenvalue weighted by Gasteiger charge is 2.40. The van der Waals surface area contributed by atoms with Gasteiger partial charge in [0.05, 0.1) is 0 Å². The van der Waals surface area contributed by atoms with E-state index in [0.29, 0.717) is 17.6 Å². The number of Topliss-reactive ketones (excluding diaryl/α,β-unsaturated/α-hetero) is 1. The molecule has 0 N–H and O–H groups in total. The van der Waals surface area contributed by atoms with Crippen LogP contribution in [0.3, 0.4) is 0 Å². The van der Waals surface area contributed by atoms with E-state index in [1.165, 1.54) is 89.9 Å². The summed E-state index contributed by atoms with van der Waals surface area (Å²) < 4.78 is 0. The number of fused-ring (bicyclic) bond motifs is 2. The Morgan fingerprint density at radius 3 is 1.36 bits per heavy atom. The van der Waals surface area contributed by atoms with Crippen molar-refractivity contribution in [3.63, 3.8) is 0 Å². The molecule has 4 fully saturated rings. The Morgan fingerprint density at radius 2 is 0.909 bits per heavy atom. The van der Waals surface area contributed by atoms with Crippen molar-refractivity contribution in [1.82, 2.24) is 0 Å². The zero-order valence-electron chi connectivity index (χ0n) is 14.3. The molecule has 0 radical (unpaired) electrons. The van der Waals surface area contributed by atoms with Crippen molar-refractivity contribution in [2.45, 2.75) is 89.9 Å². The van der Waals surface area contributed by atoms with Crippen molar-refractivity contribution in [2.75, 3.05) is 0 Å². The zero-order valence-corrected chi connectivity index (χ0v) is 14.3. The molecule has 4 aliphatic carbocycles. The Hall–Kier alpha value is -0.330. The van der Waals surface area contributed by atoms with E-state index in [1.54, 1.807) is 0 Å². The highest BCUT2D eigenvalue weighted by molar-refractivity contribution is 5.83. The molecular formula is C21H34O. The van der Waals surface area contributed by atoms with Crippen LogP contribution in [0, 0.1) is 35.5 Å². The molecule has 4 rings (SSSR count). The lowest BCUT2D eigenvalue weighted by molar-refractivity contribution is -0.131. The van der Waals surface area contributed by atoms with Crippen molar-refractivity contribution in [2.24, 2.45) is 35.5 Å². The normalized spacial score (nSPS) is 45.6. The molecule has 22 heavy (non-hydrogen) atoms. The molecule has 0 spiro atoms. The Morgan fingerprint density at radius 1 is 0.500 bits per heavy atom. The van der Waals surface area contributed by atoms with Gasteiger partial charge in [-0.3, -0.25) is 4.79 Å². The molecule has 0 aromatic heterocycles. The van der Waals surface area contributed by atoms with Gasteiger partial charge in [0.1, 0.15) is 5.78 Å². The predicted molar refractivity (Wildman–Crippen MR) is 90.6 cm³/mol. The number of carbonyl (C=O) groups is 1. The number of ketones is 1. The van der Waals surface area contributed by atoms with Gasteiger partial charge in [-0.25, -0.2) is 0 Å². The maximum atomic E-state index is 13.1. The van der Waals surface area contributed by atoms with E-state index in [2.05, 4.69) is 0 Å². The summed E-state index contributed by atoms with van der Waals surface area (Å²) in [5.74, 6) is 5.37. The van der Waals surface area contributed by atoms with Crippen LogP contribution in [-0.2, 0) is 4.79 Å². The van der Waals surface area contributed by atoms with Crippen molar-refractivity contribution < 1.29 is 4.79 Å². The Kier molecular flexibility index (Phi) is 4.60. The van der Waals surface area contributed by atoms with Crippen molar-refractivity contribution in [3.05, 3.63) is 0 Å². The zero-order chi connectivity index (χ0) is 14.9. The third kappa shape index (κ3) is 3.02. The average molecular weight is 303 g/mol. The molecule has 0 aliphatic heterocycles. The number of hydrogen-bond donors (Lipinski definition) is 0. The summed E-state index contributed by atoms with van der Waals surface area (Å²) in [6.07, 6.45) is 19.2. The first-order valence-electron chi connectivity index (χ1n) is 10.3. The molecule has 0 saturated heterocycles. The van der Waals surface area contributed by atoms with E-state index in [-0.39, 0.29) is 0 Å². The van der Waals surface area contributed by atoms with Crippen LogP contribution >= 0.6 is 0 Å². The molecule has 0 aromatic rings. The summed E-state index contributed by atoms with van der Waals surface area (Å²) in [6, 6.07) is 0. The molecule has 1 heteroatoms. The molecule has 0 aromatic carbocycles. The van der Waals surface area contributed by atoms with Crippen LogP contribution in [0.25, 0.3) is 0 Å². The van der Waals surface area contributed by atoms with Crippen molar-refractivity contribution in [1.29, 1.82) is 0 Å². The summed E-state index contributed by atoms with van der Waals surface area (Å²) in [6.45, 7) is 0. The minimum atomic E-state index is 0.449. The molecule has 6 atom stereocenters. The fourth-order valence-corrected chi connectivity index (χ4v) is 6.60. The van der Waals surface area contributed by atoms with Crippen LogP contribution in [0.2, 0.25) is 0 Å². The summed E-state index contributed by atoms with van der Waals surface area (Å²) in [4.78, 5) is 13.1. The van der Waals surface area contributed by atoms with Crippen LogP contribution < -0.4 is 0 Å². The lowest BCUT2D eigenvalue weighted by atomic mass is 9.62. The largest absolute Gasteiger partial charge is 0.299 e. The molecule has 6 unspecified atom stereocenters. The fraction of sp³-hybridized carbons (Fsp3) is 0.952. The van der Waals surface area contributed by atoms with E-state index in [1.807, 2.05) is 0 Å². The third-order valence-electron chi connectivity index (χ3n) is 7.88. The first kappa shape index (κ1) is 15.2. The predicted octanol–water partition coefficient (Wildman–Crippen LogP) is 5.77. The lowest BCUT2D eigenvalue weighted by Crippen LogP contribution is -2.37. The highest BCUT2D eigenvalue weighted by Crippen LogP contribution is 2.47. The smallest absolute Gasteiger partial charge is 0.139 e. The van der Waals surface area contributed by atoms with Crippen LogP contribution in [0.5, 0.6) is 0 Å². The quantitative estimate of drug-likeness (QED) is 0.633. The van der Waals surface area contributed by atoms with Gasteiger partial charge in [0.15, 0.2) is 0 Å². The fourth-order valence-electron chi connectivity index (χ4n) is 6.60. The minimum Gasteiger partial charge on any atom is -0.299 e. The minimum absolute atomic E-state index is 0.449. The van der Waals surface area contributed by atoms with Gasteiger partial charge in [-0.1, -0.05) is 51.4 Å². The van der Waals surface area contributed by atoms with E-state index in [0.717, 1.165) is 23.7 Å². The maximum Gasteiger partial charge on any atom is 0.139 e. The van der Waals surface area contributed by atoms with E-state index in [4.69, 9.17) is 0 Å². The molecule has 0 bridgehead atoms. The Bertz CT molecular complexity index is 365. The first-order valence-corrected chi connectivity index (χ1v) is 10.3. The van der Waals surface area contributed by atoms with Gasteiger partial charge in [0, 0.05) is 11.8 Å². The summed E-state index contributed by atoms with van der Waals surface area (Å²) >= 11 is 0. The summed E-state index contributed by atoms with van der Waals surface area (Å²) in [7, 11) is 0. The SMILES string of the molecule is O=C(C1CCC2CCCCC2C1)C1CCC2CCCCC2C1. The first-order chi connectivity index (χ1) is 10.8. The number of carbonyl (C=O) groups excluding carboxylic acids is 1. The van der Waals surface area contributed by atoms with Crippen molar-refractivity contribution in [3.8, 4) is 0 Å². The van der Waals surface area contributed by atoms with Crippen LogP contribution in [0.15, 0.2) is 0 Å². The topological polar surface area (TPSA) is 17.1 Å². The van der Waals surface area contributed by atoms with Gasteiger partial charge in [0.2, 0.25) is 0 Å². The van der Waals surface area contributed by atoms with Gasteiger partial charge in [-0.05, 0) is 62.2 Å². The Balaban J connectivity index is 1.35. The Labute approximate surface area is 136 Å². The van der Waals surface area contributed by atoms with Crippen LogP contribution in [-0.4, -0.2) is 5.78 Å².